The van der Waals surface area contributed by atoms with Crippen LogP contribution in [0.4, 0.5) is 0 Å². The summed E-state index contributed by atoms with van der Waals surface area (Å²) in [6.45, 7) is 9.71. The van der Waals surface area contributed by atoms with Crippen molar-refractivity contribution >= 4 is 5.91 Å². The molecule has 160 valence electrons. The first-order chi connectivity index (χ1) is 14.0. The summed E-state index contributed by atoms with van der Waals surface area (Å²) in [6, 6.07) is 0. The normalized spacial score (nSPS) is 25.0. The number of hydrogen-bond acceptors (Lipinski definition) is 5. The lowest BCUT2D eigenvalue weighted by molar-refractivity contribution is -0.141. The van der Waals surface area contributed by atoms with Crippen LogP contribution in [-0.2, 0) is 16.1 Å². The van der Waals surface area contributed by atoms with E-state index in [4.69, 9.17) is 9.47 Å². The molecule has 6 heteroatoms. The molecule has 3 aliphatic heterocycles. The molecule has 0 radical (unpaired) electrons. The Balaban J connectivity index is 1.35. The Morgan fingerprint density at radius 3 is 2.76 bits per heavy atom. The Kier molecular flexibility index (Phi) is 6.11. The molecular formula is C23H35N3O3. The minimum Gasteiger partial charge on any atom is -0.496 e. The number of nitrogens with zero attached hydrogens (tertiary/aromatic N) is 3. The van der Waals surface area contributed by atoms with Crippen LogP contribution < -0.4 is 4.74 Å². The zero-order valence-electron chi connectivity index (χ0n) is 18.2. The molecule has 0 N–H and O–H groups in total. The van der Waals surface area contributed by atoms with Gasteiger partial charge in [0, 0.05) is 50.0 Å². The first-order valence-electron chi connectivity index (χ1n) is 11.1. The summed E-state index contributed by atoms with van der Waals surface area (Å²) in [5.41, 5.74) is 3.64. The molecule has 0 bridgehead atoms. The van der Waals surface area contributed by atoms with Crippen molar-refractivity contribution in [2.75, 3.05) is 39.9 Å². The fourth-order valence-electron chi connectivity index (χ4n) is 5.34. The molecule has 3 fully saturated rings. The van der Waals surface area contributed by atoms with E-state index >= 15 is 0 Å². The molecule has 0 aromatic carbocycles. The van der Waals surface area contributed by atoms with Gasteiger partial charge in [0.25, 0.3) is 0 Å². The number of ether oxygens (including phenoxy) is 2. The second-order valence-corrected chi connectivity index (χ2v) is 9.23. The van der Waals surface area contributed by atoms with Gasteiger partial charge < -0.3 is 14.4 Å². The fourth-order valence-corrected chi connectivity index (χ4v) is 5.34. The van der Waals surface area contributed by atoms with Gasteiger partial charge in [-0.3, -0.25) is 14.7 Å². The van der Waals surface area contributed by atoms with Gasteiger partial charge in [-0.15, -0.1) is 0 Å². The van der Waals surface area contributed by atoms with Crippen molar-refractivity contribution in [3.05, 3.63) is 23.0 Å². The van der Waals surface area contributed by atoms with Gasteiger partial charge in [-0.25, -0.2) is 0 Å². The monoisotopic (exact) mass is 401 g/mol. The summed E-state index contributed by atoms with van der Waals surface area (Å²) in [4.78, 5) is 21.8. The number of carbonyl (C=O) groups is 1. The van der Waals surface area contributed by atoms with Gasteiger partial charge in [0.15, 0.2) is 0 Å². The molecule has 4 heterocycles. The fraction of sp³-hybridized carbons (Fsp3) is 0.739. The third-order valence-electron chi connectivity index (χ3n) is 7.24. The standard InChI is InChI=1S/C23H35N3O3/c1-17-13-24-20(18(2)22(17)28-3)15-25-10-8-23(9-11-25)7-6-21(27)26(16-23)14-19-5-4-12-29-19/h13,19H,4-12,14-16H2,1-3H3/t19-/m0/s1. The highest BCUT2D eigenvalue weighted by Crippen LogP contribution is 2.41. The van der Waals surface area contributed by atoms with Crippen LogP contribution >= 0.6 is 0 Å². The number of amides is 1. The van der Waals surface area contributed by atoms with Crippen LogP contribution in [0.15, 0.2) is 6.20 Å². The Morgan fingerprint density at radius 1 is 1.28 bits per heavy atom. The molecule has 29 heavy (non-hydrogen) atoms. The van der Waals surface area contributed by atoms with Crippen LogP contribution in [0.25, 0.3) is 0 Å². The van der Waals surface area contributed by atoms with Gasteiger partial charge in [0.1, 0.15) is 5.75 Å². The second kappa shape index (κ2) is 8.60. The predicted octanol–water partition coefficient (Wildman–Crippen LogP) is 3.09. The Bertz CT molecular complexity index is 737. The number of rotatable bonds is 5. The minimum absolute atomic E-state index is 0.250. The molecule has 0 unspecified atom stereocenters. The molecule has 1 aromatic heterocycles. The van der Waals surface area contributed by atoms with Crippen molar-refractivity contribution in [3.63, 3.8) is 0 Å². The number of methoxy groups -OCH3 is 1. The highest BCUT2D eigenvalue weighted by molar-refractivity contribution is 5.77. The molecule has 3 saturated heterocycles. The summed E-state index contributed by atoms with van der Waals surface area (Å²) in [7, 11) is 1.73. The molecule has 1 amide bonds. The first kappa shape index (κ1) is 20.6. The van der Waals surface area contributed by atoms with Crippen LogP contribution in [0.3, 0.4) is 0 Å². The van der Waals surface area contributed by atoms with Crippen molar-refractivity contribution in [1.82, 2.24) is 14.8 Å². The summed E-state index contributed by atoms with van der Waals surface area (Å²) < 4.78 is 11.3. The predicted molar refractivity (Wildman–Crippen MR) is 112 cm³/mol. The molecular weight excluding hydrogens is 366 g/mol. The Morgan fingerprint density at radius 2 is 2.07 bits per heavy atom. The molecule has 1 aromatic rings. The van der Waals surface area contributed by atoms with Crippen LogP contribution in [0.5, 0.6) is 5.75 Å². The third kappa shape index (κ3) is 4.43. The van der Waals surface area contributed by atoms with E-state index in [9.17, 15) is 4.79 Å². The van der Waals surface area contributed by atoms with Crippen LogP contribution in [-0.4, -0.2) is 66.7 Å². The molecule has 4 rings (SSSR count). The van der Waals surface area contributed by atoms with E-state index in [1.54, 1.807) is 7.11 Å². The summed E-state index contributed by atoms with van der Waals surface area (Å²) in [5, 5.41) is 0. The van der Waals surface area contributed by atoms with Gasteiger partial charge in [-0.05, 0) is 64.5 Å². The number of hydrogen-bond donors (Lipinski definition) is 0. The van der Waals surface area contributed by atoms with Crippen LogP contribution in [0.1, 0.15) is 55.3 Å². The smallest absolute Gasteiger partial charge is 0.222 e. The number of carbonyl (C=O) groups excluding carboxylic acids is 1. The average molecular weight is 402 g/mol. The Hall–Kier alpha value is -1.66. The highest BCUT2D eigenvalue weighted by Gasteiger charge is 2.41. The topological polar surface area (TPSA) is 54.9 Å². The SMILES string of the molecule is COc1c(C)cnc(CN2CCC3(CCC(=O)N(C[C@@H]4CCCO4)C3)CC2)c1C. The second-order valence-electron chi connectivity index (χ2n) is 9.23. The van der Waals surface area contributed by atoms with E-state index in [-0.39, 0.29) is 11.5 Å². The summed E-state index contributed by atoms with van der Waals surface area (Å²) in [5.74, 6) is 1.28. The van der Waals surface area contributed by atoms with Gasteiger partial charge in [0.05, 0.1) is 18.9 Å². The van der Waals surface area contributed by atoms with E-state index < -0.39 is 0 Å². The van der Waals surface area contributed by atoms with E-state index in [1.165, 1.54) is 0 Å². The zero-order valence-corrected chi connectivity index (χ0v) is 18.2. The maximum Gasteiger partial charge on any atom is 0.222 e. The van der Waals surface area contributed by atoms with E-state index in [0.29, 0.717) is 12.3 Å². The zero-order chi connectivity index (χ0) is 20.4. The van der Waals surface area contributed by atoms with Gasteiger partial charge >= 0.3 is 0 Å². The number of likely N-dealkylation sites (tertiary alicyclic amines) is 2. The lowest BCUT2D eigenvalue weighted by Crippen LogP contribution is -2.52. The largest absolute Gasteiger partial charge is 0.496 e. The lowest BCUT2D eigenvalue weighted by Gasteiger charge is -2.47. The van der Waals surface area contributed by atoms with Crippen molar-refractivity contribution in [2.45, 2.75) is 65.0 Å². The Labute approximate surface area is 174 Å². The number of pyridine rings is 1. The maximum absolute atomic E-state index is 12.5. The molecule has 0 saturated carbocycles. The van der Waals surface area contributed by atoms with Gasteiger partial charge in [0.2, 0.25) is 5.91 Å². The quantitative estimate of drug-likeness (QED) is 0.759. The van der Waals surface area contributed by atoms with Crippen molar-refractivity contribution < 1.29 is 14.3 Å². The average Bonchev–Trinajstić information content (AvgIpc) is 3.22. The van der Waals surface area contributed by atoms with Crippen LogP contribution in [0.2, 0.25) is 0 Å². The molecule has 6 nitrogen and oxygen atoms in total. The minimum atomic E-state index is 0.250. The number of piperidine rings is 2. The van der Waals surface area contributed by atoms with Crippen molar-refractivity contribution in [2.24, 2.45) is 5.41 Å². The van der Waals surface area contributed by atoms with E-state index in [2.05, 4.69) is 21.7 Å². The van der Waals surface area contributed by atoms with Crippen molar-refractivity contribution in [1.29, 1.82) is 0 Å². The molecule has 0 aliphatic carbocycles. The summed E-state index contributed by atoms with van der Waals surface area (Å²) in [6.07, 6.45) is 8.44. The number of aromatic nitrogens is 1. The van der Waals surface area contributed by atoms with E-state index in [0.717, 1.165) is 94.0 Å². The first-order valence-corrected chi connectivity index (χ1v) is 11.1. The highest BCUT2D eigenvalue weighted by atomic mass is 16.5. The van der Waals surface area contributed by atoms with Gasteiger partial charge in [-0.2, -0.15) is 0 Å². The van der Waals surface area contributed by atoms with E-state index in [1.807, 2.05) is 13.1 Å². The maximum atomic E-state index is 12.5. The molecule has 1 spiro atoms. The lowest BCUT2D eigenvalue weighted by atomic mass is 9.72. The number of aryl methyl sites for hydroxylation is 1. The van der Waals surface area contributed by atoms with Crippen LogP contribution in [0, 0.1) is 19.3 Å². The third-order valence-corrected chi connectivity index (χ3v) is 7.24. The van der Waals surface area contributed by atoms with Crippen molar-refractivity contribution in [3.8, 4) is 5.75 Å². The summed E-state index contributed by atoms with van der Waals surface area (Å²) >= 11 is 0. The molecule has 3 aliphatic rings. The molecule has 1 atom stereocenters. The van der Waals surface area contributed by atoms with Gasteiger partial charge in [-0.1, -0.05) is 0 Å².